The topological polar surface area (TPSA) is 50.8 Å². The monoisotopic (exact) mass is 334 g/mol. The summed E-state index contributed by atoms with van der Waals surface area (Å²) in [5, 5.41) is 2.95. The van der Waals surface area contributed by atoms with E-state index in [0.29, 0.717) is 0 Å². The molecule has 0 radical (unpaired) electrons. The van der Waals surface area contributed by atoms with Gasteiger partial charge in [-0.1, -0.05) is 12.1 Å². The smallest absolute Gasteiger partial charge is 0.399 e. The average Bonchev–Trinajstić information content (AvgIpc) is 3.06. The number of benzene rings is 1. The van der Waals surface area contributed by atoms with E-state index in [4.69, 9.17) is 9.31 Å². The Hall–Kier alpha value is -1.18. The lowest BCUT2D eigenvalue weighted by atomic mass is 9.79. The van der Waals surface area contributed by atoms with E-state index in [2.05, 4.69) is 5.32 Å². The molecular formula is C16H23BN2O3S. The van der Waals surface area contributed by atoms with Crippen LogP contribution in [0, 0.1) is 0 Å². The molecule has 0 aliphatic carbocycles. The number of anilines is 1. The predicted molar refractivity (Wildman–Crippen MR) is 95.2 cm³/mol. The highest BCUT2D eigenvalue weighted by atomic mass is 32.2. The third-order valence-electron chi connectivity index (χ3n) is 4.70. The maximum atomic E-state index is 12.2. The number of hydrogen-bond acceptors (Lipinski definition) is 4. The molecule has 0 aromatic heterocycles. The van der Waals surface area contributed by atoms with Crippen molar-refractivity contribution in [1.82, 2.24) is 4.90 Å². The summed E-state index contributed by atoms with van der Waals surface area (Å²) in [6.07, 6.45) is 0. The SMILES string of the molecule is CC1(C)OB(c2cccc(NC(=O)N3CCSC3)c2)OC1(C)C. The van der Waals surface area contributed by atoms with E-state index in [1.54, 1.807) is 11.8 Å². The molecule has 1 aromatic rings. The molecular weight excluding hydrogens is 311 g/mol. The fraction of sp³-hybridized carbons (Fsp3) is 0.562. The molecule has 7 heteroatoms. The van der Waals surface area contributed by atoms with Gasteiger partial charge in [0, 0.05) is 18.0 Å². The maximum absolute atomic E-state index is 12.2. The first-order chi connectivity index (χ1) is 10.8. The van der Waals surface area contributed by atoms with Crippen molar-refractivity contribution in [2.75, 3.05) is 23.5 Å². The highest BCUT2D eigenvalue weighted by molar-refractivity contribution is 7.99. The van der Waals surface area contributed by atoms with Crippen molar-refractivity contribution in [3.8, 4) is 0 Å². The van der Waals surface area contributed by atoms with Gasteiger partial charge < -0.3 is 19.5 Å². The van der Waals surface area contributed by atoms with Crippen LogP contribution in [0.4, 0.5) is 10.5 Å². The summed E-state index contributed by atoms with van der Waals surface area (Å²) in [5.41, 5.74) is 0.935. The molecule has 5 nitrogen and oxygen atoms in total. The maximum Gasteiger partial charge on any atom is 0.494 e. The fourth-order valence-corrected chi connectivity index (χ4v) is 3.46. The second kappa shape index (κ2) is 6.04. The van der Waals surface area contributed by atoms with E-state index in [1.165, 1.54) is 0 Å². The second-order valence-corrected chi connectivity index (χ2v) is 8.02. The minimum absolute atomic E-state index is 0.0546. The van der Waals surface area contributed by atoms with Crippen LogP contribution in [0.3, 0.4) is 0 Å². The van der Waals surface area contributed by atoms with E-state index in [-0.39, 0.29) is 17.2 Å². The van der Waals surface area contributed by atoms with Crippen molar-refractivity contribution in [2.45, 2.75) is 38.9 Å². The number of carbonyl (C=O) groups is 1. The number of nitrogens with zero attached hydrogens (tertiary/aromatic N) is 1. The lowest BCUT2D eigenvalue weighted by Gasteiger charge is -2.32. The van der Waals surface area contributed by atoms with E-state index >= 15 is 0 Å². The van der Waals surface area contributed by atoms with Crippen LogP contribution >= 0.6 is 11.8 Å². The van der Waals surface area contributed by atoms with E-state index in [1.807, 2.05) is 56.9 Å². The Kier molecular flexibility index (Phi) is 4.38. The van der Waals surface area contributed by atoms with Crippen LogP contribution in [0.25, 0.3) is 0 Å². The molecule has 23 heavy (non-hydrogen) atoms. The Morgan fingerprint density at radius 3 is 2.57 bits per heavy atom. The van der Waals surface area contributed by atoms with E-state index in [9.17, 15) is 4.79 Å². The lowest BCUT2D eigenvalue weighted by molar-refractivity contribution is 0.00578. The zero-order valence-corrected chi connectivity index (χ0v) is 14.9. The number of nitrogens with one attached hydrogen (secondary N) is 1. The molecule has 3 rings (SSSR count). The summed E-state index contributed by atoms with van der Waals surface area (Å²) in [7, 11) is -0.417. The summed E-state index contributed by atoms with van der Waals surface area (Å²) in [4.78, 5) is 14.0. The largest absolute Gasteiger partial charge is 0.494 e. The van der Waals surface area contributed by atoms with Crippen molar-refractivity contribution >= 4 is 36.1 Å². The minimum Gasteiger partial charge on any atom is -0.399 e. The first-order valence-electron chi connectivity index (χ1n) is 7.88. The highest BCUT2D eigenvalue weighted by Crippen LogP contribution is 2.36. The Morgan fingerprint density at radius 2 is 1.96 bits per heavy atom. The fourth-order valence-electron chi connectivity index (χ4n) is 2.52. The minimum atomic E-state index is -0.417. The first-order valence-corrected chi connectivity index (χ1v) is 9.03. The number of carbonyl (C=O) groups excluding carboxylic acids is 1. The second-order valence-electron chi connectivity index (χ2n) is 6.94. The van der Waals surface area contributed by atoms with Crippen LogP contribution in [0.5, 0.6) is 0 Å². The number of amides is 2. The summed E-state index contributed by atoms with van der Waals surface area (Å²) in [6, 6.07) is 7.62. The van der Waals surface area contributed by atoms with Crippen molar-refractivity contribution in [2.24, 2.45) is 0 Å². The van der Waals surface area contributed by atoms with E-state index in [0.717, 1.165) is 29.3 Å². The molecule has 2 saturated heterocycles. The van der Waals surface area contributed by atoms with Gasteiger partial charge in [-0.05, 0) is 45.3 Å². The van der Waals surface area contributed by atoms with E-state index < -0.39 is 7.12 Å². The molecule has 0 spiro atoms. The van der Waals surface area contributed by atoms with Crippen molar-refractivity contribution in [3.05, 3.63) is 24.3 Å². The summed E-state index contributed by atoms with van der Waals surface area (Å²) in [6.45, 7) is 8.92. The van der Waals surface area contributed by atoms with Gasteiger partial charge in [0.25, 0.3) is 0 Å². The number of rotatable bonds is 2. The lowest BCUT2D eigenvalue weighted by Crippen LogP contribution is -2.41. The van der Waals surface area contributed by atoms with Crippen LogP contribution in [-0.4, -0.2) is 47.4 Å². The van der Waals surface area contributed by atoms with Crippen LogP contribution in [-0.2, 0) is 9.31 Å². The molecule has 124 valence electrons. The van der Waals surface area contributed by atoms with Gasteiger partial charge in [0.15, 0.2) is 0 Å². The van der Waals surface area contributed by atoms with Crippen molar-refractivity contribution < 1.29 is 14.1 Å². The zero-order chi connectivity index (χ0) is 16.7. The molecule has 2 aliphatic rings. The zero-order valence-electron chi connectivity index (χ0n) is 14.1. The molecule has 0 bridgehead atoms. The standard InChI is InChI=1S/C16H23BN2O3S/c1-15(2)16(3,4)22-17(21-15)12-6-5-7-13(10-12)18-14(20)19-8-9-23-11-19/h5-7,10H,8-9,11H2,1-4H3,(H,18,20). The van der Waals surface area contributed by atoms with Gasteiger partial charge in [0.2, 0.25) is 0 Å². The third kappa shape index (κ3) is 3.37. The normalized spacial score (nSPS) is 22.4. The molecule has 1 N–H and O–H groups in total. The molecule has 2 aliphatic heterocycles. The molecule has 1 aromatic carbocycles. The van der Waals surface area contributed by atoms with Gasteiger partial charge in [-0.15, -0.1) is 11.8 Å². The van der Waals surface area contributed by atoms with Crippen LogP contribution < -0.4 is 10.8 Å². The van der Waals surface area contributed by atoms with Crippen LogP contribution in [0.15, 0.2) is 24.3 Å². The van der Waals surface area contributed by atoms with Crippen molar-refractivity contribution in [3.63, 3.8) is 0 Å². The van der Waals surface area contributed by atoms with Gasteiger partial charge in [-0.2, -0.15) is 0 Å². The van der Waals surface area contributed by atoms with Gasteiger partial charge in [-0.3, -0.25) is 0 Å². The predicted octanol–water partition coefficient (Wildman–Crippen LogP) is 2.52. The summed E-state index contributed by atoms with van der Waals surface area (Å²) < 4.78 is 12.1. The molecule has 2 heterocycles. The van der Waals surface area contributed by atoms with Gasteiger partial charge in [0.05, 0.1) is 17.1 Å². The van der Waals surface area contributed by atoms with Gasteiger partial charge in [-0.25, -0.2) is 4.79 Å². The quantitative estimate of drug-likeness (QED) is 0.845. The van der Waals surface area contributed by atoms with Gasteiger partial charge >= 0.3 is 13.1 Å². The summed E-state index contributed by atoms with van der Waals surface area (Å²) in [5.74, 6) is 1.75. The number of urea groups is 1. The molecule has 2 amide bonds. The Morgan fingerprint density at radius 1 is 1.26 bits per heavy atom. The molecule has 0 atom stereocenters. The third-order valence-corrected chi connectivity index (χ3v) is 5.67. The van der Waals surface area contributed by atoms with Crippen molar-refractivity contribution in [1.29, 1.82) is 0 Å². The Balaban J connectivity index is 1.72. The molecule has 0 unspecified atom stereocenters. The Labute approximate surface area is 142 Å². The van der Waals surface area contributed by atoms with Gasteiger partial charge in [0.1, 0.15) is 0 Å². The first kappa shape index (κ1) is 16.7. The van der Waals surface area contributed by atoms with Crippen LogP contribution in [0.1, 0.15) is 27.7 Å². The Bertz CT molecular complexity index is 587. The summed E-state index contributed by atoms with van der Waals surface area (Å²) >= 11 is 1.77. The number of thioether (sulfide) groups is 1. The highest BCUT2D eigenvalue weighted by Gasteiger charge is 2.51. The van der Waals surface area contributed by atoms with Crippen LogP contribution in [0.2, 0.25) is 0 Å². The molecule has 2 fully saturated rings. The molecule has 0 saturated carbocycles. The average molecular weight is 334 g/mol. The number of hydrogen-bond donors (Lipinski definition) is 1.